The van der Waals surface area contributed by atoms with Crippen molar-refractivity contribution >= 4 is 33.3 Å². The van der Waals surface area contributed by atoms with Crippen LogP contribution < -0.4 is 8.92 Å². The van der Waals surface area contributed by atoms with Gasteiger partial charge in [0.25, 0.3) is 0 Å². The molecule has 0 unspecified atom stereocenters. The fraction of sp³-hybridized carbons (Fsp3) is 0.118. The van der Waals surface area contributed by atoms with E-state index in [1.54, 1.807) is 7.05 Å². The average molecular weight is 467 g/mol. The molecule has 0 atom stereocenters. The molecule has 1 heterocycles. The second kappa shape index (κ2) is 7.77. The van der Waals surface area contributed by atoms with E-state index in [1.165, 1.54) is 28.9 Å². The van der Waals surface area contributed by atoms with E-state index in [0.717, 1.165) is 18.2 Å². The molecule has 154 valence electrons. The third-order valence-corrected chi connectivity index (χ3v) is 5.56. The normalized spacial score (nSPS) is 12.1. The van der Waals surface area contributed by atoms with Gasteiger partial charge in [0.1, 0.15) is 21.4 Å². The Kier molecular flexibility index (Phi) is 5.70. The van der Waals surface area contributed by atoms with E-state index in [1.807, 2.05) is 0 Å². The maximum Gasteiger partial charge on any atom is 0.416 e. The molecule has 0 radical (unpaired) electrons. The summed E-state index contributed by atoms with van der Waals surface area (Å²) in [5.41, 5.74) is -1.03. The van der Waals surface area contributed by atoms with Crippen LogP contribution in [0.1, 0.15) is 5.56 Å². The lowest BCUT2D eigenvalue weighted by atomic mass is 10.2. The second-order valence-corrected chi connectivity index (χ2v) is 7.95. The van der Waals surface area contributed by atoms with Gasteiger partial charge in [-0.2, -0.15) is 26.7 Å². The molecule has 0 bridgehead atoms. The maximum atomic E-state index is 12.8. The van der Waals surface area contributed by atoms with E-state index >= 15 is 0 Å². The van der Waals surface area contributed by atoms with Crippen molar-refractivity contribution in [1.29, 1.82) is 0 Å². The number of alkyl halides is 3. The first-order chi connectivity index (χ1) is 13.5. The SMILES string of the molecule is Cn1nc(Cl)c(Cl)c1Oc1ccc(S(=O)(=O)Oc2cccc(C(F)(F)F)c2)cc1. The molecular formula is C17H11Cl2F3N2O4S. The van der Waals surface area contributed by atoms with Crippen LogP contribution in [0.2, 0.25) is 10.2 Å². The highest BCUT2D eigenvalue weighted by molar-refractivity contribution is 7.87. The van der Waals surface area contributed by atoms with Gasteiger partial charge >= 0.3 is 16.3 Å². The Labute approximate surface area is 173 Å². The molecule has 1 aromatic heterocycles. The Morgan fingerprint density at radius 1 is 1.03 bits per heavy atom. The summed E-state index contributed by atoms with van der Waals surface area (Å²) in [7, 11) is -2.81. The molecule has 0 amide bonds. The summed E-state index contributed by atoms with van der Waals surface area (Å²) in [5, 5.41) is 3.99. The lowest BCUT2D eigenvalue weighted by Crippen LogP contribution is -2.11. The van der Waals surface area contributed by atoms with Gasteiger partial charge in [-0.25, -0.2) is 4.68 Å². The van der Waals surface area contributed by atoms with E-state index in [2.05, 4.69) is 5.10 Å². The predicted octanol–water partition coefficient (Wildman–Crippen LogP) is 5.31. The molecule has 12 heteroatoms. The monoisotopic (exact) mass is 466 g/mol. The Bertz CT molecular complexity index is 1150. The van der Waals surface area contributed by atoms with E-state index < -0.39 is 27.6 Å². The second-order valence-electron chi connectivity index (χ2n) is 5.67. The highest BCUT2D eigenvalue weighted by Gasteiger charge is 2.31. The van der Waals surface area contributed by atoms with Gasteiger partial charge in [-0.3, -0.25) is 0 Å². The van der Waals surface area contributed by atoms with Crippen LogP contribution in [-0.2, 0) is 23.3 Å². The summed E-state index contributed by atoms with van der Waals surface area (Å²) in [6, 6.07) is 8.55. The number of ether oxygens (including phenoxy) is 1. The van der Waals surface area contributed by atoms with Crippen molar-refractivity contribution in [1.82, 2.24) is 9.78 Å². The van der Waals surface area contributed by atoms with E-state index in [0.29, 0.717) is 6.07 Å². The molecule has 0 spiro atoms. The van der Waals surface area contributed by atoms with Crippen LogP contribution in [0.4, 0.5) is 13.2 Å². The number of rotatable bonds is 5. The third-order valence-electron chi connectivity index (χ3n) is 3.59. The van der Waals surface area contributed by atoms with Crippen molar-refractivity contribution in [2.24, 2.45) is 7.05 Å². The number of hydrogen-bond donors (Lipinski definition) is 0. The summed E-state index contributed by atoms with van der Waals surface area (Å²) in [4.78, 5) is -0.281. The minimum absolute atomic E-state index is 0.0397. The van der Waals surface area contributed by atoms with Crippen molar-refractivity contribution in [2.45, 2.75) is 11.1 Å². The highest BCUT2D eigenvalue weighted by atomic mass is 35.5. The largest absolute Gasteiger partial charge is 0.438 e. The van der Waals surface area contributed by atoms with Crippen LogP contribution in [0.5, 0.6) is 17.4 Å². The quantitative estimate of drug-likeness (QED) is 0.476. The van der Waals surface area contributed by atoms with E-state index in [-0.39, 0.29) is 26.7 Å². The first kappa shape index (κ1) is 21.3. The van der Waals surface area contributed by atoms with Crippen molar-refractivity contribution < 1.29 is 30.5 Å². The highest BCUT2D eigenvalue weighted by Crippen LogP contribution is 2.35. The molecule has 0 saturated heterocycles. The first-order valence-electron chi connectivity index (χ1n) is 7.75. The number of aromatic nitrogens is 2. The lowest BCUT2D eigenvalue weighted by Gasteiger charge is -2.11. The van der Waals surface area contributed by atoms with Gasteiger partial charge in [0.15, 0.2) is 5.15 Å². The van der Waals surface area contributed by atoms with Crippen LogP contribution in [0.3, 0.4) is 0 Å². The number of hydrogen-bond acceptors (Lipinski definition) is 5. The van der Waals surface area contributed by atoms with Crippen LogP contribution >= 0.6 is 23.2 Å². The maximum absolute atomic E-state index is 12.8. The molecule has 0 fully saturated rings. The molecule has 29 heavy (non-hydrogen) atoms. The van der Waals surface area contributed by atoms with Crippen LogP contribution in [-0.4, -0.2) is 18.2 Å². The number of aryl methyl sites for hydroxylation is 1. The summed E-state index contributed by atoms with van der Waals surface area (Å²) < 4.78 is 74.6. The van der Waals surface area contributed by atoms with Gasteiger partial charge in [0.05, 0.1) is 5.56 Å². The molecule has 2 aromatic carbocycles. The fourth-order valence-corrected chi connectivity index (χ4v) is 3.56. The Hall–Kier alpha value is -2.43. The van der Waals surface area contributed by atoms with Gasteiger partial charge < -0.3 is 8.92 Å². The van der Waals surface area contributed by atoms with Crippen LogP contribution in [0.25, 0.3) is 0 Å². The third kappa shape index (κ3) is 4.77. The molecule has 0 aliphatic carbocycles. The van der Waals surface area contributed by atoms with Gasteiger partial charge in [-0.1, -0.05) is 29.3 Å². The Morgan fingerprint density at radius 3 is 2.24 bits per heavy atom. The lowest BCUT2D eigenvalue weighted by molar-refractivity contribution is -0.137. The number of nitrogens with zero attached hydrogens (tertiary/aromatic N) is 2. The summed E-state index contributed by atoms with van der Waals surface area (Å²) >= 11 is 11.8. The van der Waals surface area contributed by atoms with Gasteiger partial charge in [-0.15, -0.1) is 0 Å². The Morgan fingerprint density at radius 2 is 1.69 bits per heavy atom. The zero-order chi connectivity index (χ0) is 21.4. The van der Waals surface area contributed by atoms with Gasteiger partial charge in [0, 0.05) is 7.05 Å². The number of benzene rings is 2. The Balaban J connectivity index is 1.80. The van der Waals surface area contributed by atoms with Gasteiger partial charge in [-0.05, 0) is 42.5 Å². The van der Waals surface area contributed by atoms with Crippen molar-refractivity contribution in [3.63, 3.8) is 0 Å². The molecule has 0 aliphatic heterocycles. The minimum Gasteiger partial charge on any atom is -0.438 e. The van der Waals surface area contributed by atoms with E-state index in [9.17, 15) is 21.6 Å². The number of halogens is 5. The van der Waals surface area contributed by atoms with Gasteiger partial charge in [0.2, 0.25) is 5.88 Å². The van der Waals surface area contributed by atoms with Crippen LogP contribution in [0, 0.1) is 0 Å². The van der Waals surface area contributed by atoms with E-state index in [4.69, 9.17) is 32.1 Å². The fourth-order valence-electron chi connectivity index (χ4n) is 2.25. The summed E-state index contributed by atoms with van der Waals surface area (Å²) in [5.74, 6) is -0.0893. The minimum atomic E-state index is -4.63. The average Bonchev–Trinajstić information content (AvgIpc) is 2.87. The topological polar surface area (TPSA) is 70.4 Å². The molecular weight excluding hydrogens is 456 g/mol. The molecule has 3 rings (SSSR count). The zero-order valence-electron chi connectivity index (χ0n) is 14.4. The molecule has 3 aromatic rings. The summed E-state index contributed by atoms with van der Waals surface area (Å²) in [6.07, 6.45) is -4.63. The van der Waals surface area contributed by atoms with Crippen molar-refractivity contribution in [2.75, 3.05) is 0 Å². The summed E-state index contributed by atoms with van der Waals surface area (Å²) in [6.45, 7) is 0. The first-order valence-corrected chi connectivity index (χ1v) is 9.91. The standard InChI is InChI=1S/C17H11Cl2F3N2O4S/c1-24-16(14(18)15(19)23-24)27-11-5-7-13(8-6-11)29(25,26)28-12-4-2-3-10(9-12)17(20,21)22/h2-9H,1H3. The smallest absolute Gasteiger partial charge is 0.416 e. The van der Waals surface area contributed by atoms with Crippen molar-refractivity contribution in [3.05, 3.63) is 64.3 Å². The predicted molar refractivity (Wildman–Crippen MR) is 99.0 cm³/mol. The molecule has 0 aliphatic rings. The molecule has 0 saturated carbocycles. The van der Waals surface area contributed by atoms with Crippen molar-refractivity contribution in [3.8, 4) is 17.4 Å². The molecule has 6 nitrogen and oxygen atoms in total. The van der Waals surface area contributed by atoms with Crippen LogP contribution in [0.15, 0.2) is 53.4 Å². The zero-order valence-corrected chi connectivity index (χ0v) is 16.8. The molecule has 0 N–H and O–H groups in total.